The van der Waals surface area contributed by atoms with Crippen molar-refractivity contribution in [2.24, 2.45) is 0 Å². The third-order valence-corrected chi connectivity index (χ3v) is 7.38. The maximum atomic E-state index is 11.9. The first kappa shape index (κ1) is 22.0. The van der Waals surface area contributed by atoms with Gasteiger partial charge in [0.25, 0.3) is 0 Å². The van der Waals surface area contributed by atoms with E-state index in [4.69, 9.17) is 23.7 Å². The van der Waals surface area contributed by atoms with E-state index in [9.17, 15) is 9.59 Å². The number of carbonyl (C=O) groups excluding carboxylic acids is 2. The van der Waals surface area contributed by atoms with Crippen LogP contribution >= 0.6 is 0 Å². The predicted octanol–water partition coefficient (Wildman–Crippen LogP) is 1.72. The van der Waals surface area contributed by atoms with Crippen molar-refractivity contribution in [1.82, 2.24) is 0 Å². The van der Waals surface area contributed by atoms with Crippen molar-refractivity contribution < 1.29 is 33.3 Å². The summed E-state index contributed by atoms with van der Waals surface area (Å²) in [4.78, 5) is 23.9. The summed E-state index contributed by atoms with van der Waals surface area (Å²) in [6, 6.07) is 19.4. The molecule has 0 unspecified atom stereocenters. The molecule has 0 spiro atoms. The Kier molecular flexibility index (Phi) is 7.05. The fraction of sp³-hybridized carbons (Fsp3) is 0.391. The minimum absolute atomic E-state index is 0.193. The molecule has 0 saturated carbocycles. The Hall–Kier alpha value is -2.22. The molecule has 2 aromatic rings. The van der Waals surface area contributed by atoms with E-state index in [0.717, 1.165) is 10.0 Å². The average Bonchev–Trinajstić information content (AvgIpc) is 2.76. The van der Waals surface area contributed by atoms with Gasteiger partial charge in [0.1, 0.15) is 0 Å². The van der Waals surface area contributed by atoms with Gasteiger partial charge in [-0.25, -0.2) is 0 Å². The molecule has 7 nitrogen and oxygen atoms in total. The summed E-state index contributed by atoms with van der Waals surface area (Å²) in [7, 11) is 0. The molecule has 164 valence electrons. The molecule has 4 rings (SSSR count). The van der Waals surface area contributed by atoms with E-state index < -0.39 is 47.6 Å². The van der Waals surface area contributed by atoms with Crippen LogP contribution in [0.3, 0.4) is 0 Å². The summed E-state index contributed by atoms with van der Waals surface area (Å²) < 4.78 is 30.8. The number of carbonyl (C=O) groups is 2. The number of ether oxygens (including phenoxy) is 5. The molecule has 0 amide bonds. The molecule has 6 atom stereocenters. The van der Waals surface area contributed by atoms with E-state index in [2.05, 4.69) is 0 Å². The van der Waals surface area contributed by atoms with Crippen molar-refractivity contribution in [3.8, 4) is 0 Å². The van der Waals surface area contributed by atoms with E-state index in [1.54, 1.807) is 0 Å². The Morgan fingerprint density at radius 3 is 2.13 bits per heavy atom. The minimum atomic E-state index is -0.800. The second kappa shape index (κ2) is 9.94. The molecule has 0 aromatic heterocycles. The fourth-order valence-electron chi connectivity index (χ4n) is 3.70. The average molecular weight is 491 g/mol. The van der Waals surface area contributed by atoms with Crippen LogP contribution in [-0.4, -0.2) is 62.9 Å². The number of rotatable bonds is 5. The SMILES string of the molecule is CC(=O)O[C@@H]1[C@@H](OC(C)=O)[C@H]([Se]c2ccccc2)O[C@@H]2CO[C@@H](c3ccccc3)O[C@@H]12. The number of fused-ring (bicyclic) bond motifs is 1. The van der Waals surface area contributed by atoms with Gasteiger partial charge in [-0.1, -0.05) is 0 Å². The van der Waals surface area contributed by atoms with Crippen LogP contribution in [0.4, 0.5) is 0 Å². The van der Waals surface area contributed by atoms with E-state index >= 15 is 0 Å². The molecule has 8 heteroatoms. The molecule has 31 heavy (non-hydrogen) atoms. The Morgan fingerprint density at radius 1 is 0.871 bits per heavy atom. The van der Waals surface area contributed by atoms with Gasteiger partial charge in [0.15, 0.2) is 0 Å². The first-order valence-electron chi connectivity index (χ1n) is 10.0. The molecule has 0 N–H and O–H groups in total. The molecular weight excluding hydrogens is 467 g/mol. The zero-order valence-electron chi connectivity index (χ0n) is 17.2. The van der Waals surface area contributed by atoms with Gasteiger partial charge in [-0.05, 0) is 0 Å². The molecule has 2 fully saturated rings. The molecular formula is C23H24O7Se. The summed E-state index contributed by atoms with van der Waals surface area (Å²) in [5.74, 6) is -0.940. The number of hydrogen-bond acceptors (Lipinski definition) is 7. The predicted molar refractivity (Wildman–Crippen MR) is 112 cm³/mol. The quantitative estimate of drug-likeness (QED) is 0.466. The fourth-order valence-corrected chi connectivity index (χ4v) is 6.06. The Morgan fingerprint density at radius 2 is 1.48 bits per heavy atom. The van der Waals surface area contributed by atoms with Crippen LogP contribution in [0.2, 0.25) is 0 Å². The summed E-state index contributed by atoms with van der Waals surface area (Å²) in [5, 5.41) is -0.454. The van der Waals surface area contributed by atoms with Crippen LogP contribution in [0, 0.1) is 0 Å². The van der Waals surface area contributed by atoms with Crippen LogP contribution in [0.25, 0.3) is 0 Å². The van der Waals surface area contributed by atoms with Crippen LogP contribution in [-0.2, 0) is 33.3 Å². The maximum absolute atomic E-state index is 11.9. The third-order valence-electron chi connectivity index (χ3n) is 4.96. The van der Waals surface area contributed by atoms with Crippen LogP contribution in [0.5, 0.6) is 0 Å². The Labute approximate surface area is 187 Å². The van der Waals surface area contributed by atoms with Crippen molar-refractivity contribution >= 4 is 31.4 Å². The van der Waals surface area contributed by atoms with Gasteiger partial charge in [0.05, 0.1) is 0 Å². The van der Waals surface area contributed by atoms with Crippen LogP contribution in [0.15, 0.2) is 60.7 Å². The molecule has 2 saturated heterocycles. The van der Waals surface area contributed by atoms with Gasteiger partial charge in [-0.3, -0.25) is 0 Å². The number of hydrogen-bond donors (Lipinski definition) is 0. The monoisotopic (exact) mass is 492 g/mol. The van der Waals surface area contributed by atoms with Crippen molar-refractivity contribution in [2.45, 2.75) is 49.6 Å². The van der Waals surface area contributed by atoms with Crippen molar-refractivity contribution in [3.63, 3.8) is 0 Å². The topological polar surface area (TPSA) is 80.3 Å². The number of benzene rings is 2. The molecule has 0 aliphatic carbocycles. The van der Waals surface area contributed by atoms with Gasteiger partial charge in [-0.15, -0.1) is 0 Å². The van der Waals surface area contributed by atoms with Gasteiger partial charge >= 0.3 is 187 Å². The zero-order valence-corrected chi connectivity index (χ0v) is 18.9. The summed E-state index contributed by atoms with van der Waals surface area (Å²) in [6.45, 7) is 2.94. The third kappa shape index (κ3) is 5.34. The van der Waals surface area contributed by atoms with E-state index in [0.29, 0.717) is 0 Å². The van der Waals surface area contributed by atoms with E-state index in [-0.39, 0.29) is 21.6 Å². The summed E-state index contributed by atoms with van der Waals surface area (Å²) >= 11 is -0.193. The molecule has 0 bridgehead atoms. The molecule has 0 radical (unpaired) electrons. The van der Waals surface area contributed by atoms with Crippen LogP contribution < -0.4 is 4.46 Å². The number of esters is 2. The molecule has 2 heterocycles. The van der Waals surface area contributed by atoms with Gasteiger partial charge in [0, 0.05) is 0 Å². The summed E-state index contributed by atoms with van der Waals surface area (Å²) in [6.07, 6.45) is -3.29. The van der Waals surface area contributed by atoms with E-state index in [1.807, 2.05) is 60.7 Å². The van der Waals surface area contributed by atoms with Gasteiger partial charge in [-0.2, -0.15) is 0 Å². The van der Waals surface area contributed by atoms with Crippen LogP contribution in [0.1, 0.15) is 25.7 Å². The van der Waals surface area contributed by atoms with Crippen molar-refractivity contribution in [3.05, 3.63) is 66.2 Å². The van der Waals surface area contributed by atoms with E-state index in [1.165, 1.54) is 13.8 Å². The molecule has 2 aliphatic heterocycles. The van der Waals surface area contributed by atoms with Crippen molar-refractivity contribution in [1.29, 1.82) is 0 Å². The summed E-state index contributed by atoms with van der Waals surface area (Å²) in [5.41, 5.74) is 0.849. The molecule has 2 aliphatic rings. The Bertz CT molecular complexity index is 891. The second-order valence-electron chi connectivity index (χ2n) is 7.30. The van der Waals surface area contributed by atoms with Gasteiger partial charge in [0.2, 0.25) is 0 Å². The zero-order chi connectivity index (χ0) is 21.8. The normalized spacial score (nSPS) is 30.1. The standard InChI is InChI=1S/C23H24O7Se/c1-14(24)27-20-19-18(13-26-22(30-19)16-9-5-3-6-10-16)29-23(21(20)28-15(2)25)31-17-11-7-4-8-12-17/h3-12,18-23H,13H2,1-2H3/t18-,19-,20+,21-,22-,23+/m1/s1. The Balaban J connectivity index is 1.62. The second-order valence-corrected chi connectivity index (χ2v) is 9.76. The first-order chi connectivity index (χ1) is 15.0. The first-order valence-corrected chi connectivity index (χ1v) is 11.9. The van der Waals surface area contributed by atoms with Crippen molar-refractivity contribution in [2.75, 3.05) is 6.61 Å². The van der Waals surface area contributed by atoms with Gasteiger partial charge < -0.3 is 0 Å². The molecule has 2 aromatic carbocycles.